The lowest BCUT2D eigenvalue weighted by Gasteiger charge is -2.07. The molecule has 0 saturated carbocycles. The molecule has 0 bridgehead atoms. The monoisotopic (exact) mass is 228 g/mol. The van der Waals surface area contributed by atoms with Crippen molar-refractivity contribution in [1.29, 1.82) is 0 Å². The van der Waals surface area contributed by atoms with Crippen molar-refractivity contribution in [3.8, 4) is 0 Å². The fraction of sp³-hybridized carbons (Fsp3) is 0.286. The summed E-state index contributed by atoms with van der Waals surface area (Å²) in [6, 6.07) is 7.76. The Balaban J connectivity index is 2.43. The van der Waals surface area contributed by atoms with Crippen molar-refractivity contribution in [2.75, 3.05) is 6.61 Å². The summed E-state index contributed by atoms with van der Waals surface area (Å²) in [5, 5.41) is 9.25. The normalized spacial score (nSPS) is 12.4. The van der Waals surface area contributed by atoms with Gasteiger partial charge in [-0.15, -0.1) is 0 Å². The van der Waals surface area contributed by atoms with E-state index in [1.54, 1.807) is 6.20 Å². The molecule has 0 aliphatic heterocycles. The molecule has 1 heterocycles. The predicted octanol–water partition coefficient (Wildman–Crippen LogP) is 2.66. The summed E-state index contributed by atoms with van der Waals surface area (Å²) in [4.78, 5) is 8.83. The summed E-state index contributed by atoms with van der Waals surface area (Å²) in [5.74, 6) is 0.313. The minimum Gasteiger partial charge on any atom is -0.392 e. The summed E-state index contributed by atoms with van der Waals surface area (Å²) < 4.78 is 0. The van der Waals surface area contributed by atoms with Gasteiger partial charge in [0.05, 0.1) is 29.5 Å². The van der Waals surface area contributed by atoms with E-state index in [9.17, 15) is 5.11 Å². The second-order valence-electron chi connectivity index (χ2n) is 4.32. The zero-order chi connectivity index (χ0) is 12.3. The quantitative estimate of drug-likeness (QED) is 0.878. The van der Waals surface area contributed by atoms with Gasteiger partial charge in [0.15, 0.2) is 0 Å². The molecule has 3 heteroatoms. The molecule has 1 aromatic carbocycles. The summed E-state index contributed by atoms with van der Waals surface area (Å²) in [5.41, 5.74) is 3.53. The average Bonchev–Trinajstić information content (AvgIpc) is 2.35. The van der Waals surface area contributed by atoms with Crippen LogP contribution in [-0.4, -0.2) is 21.7 Å². The Morgan fingerprint density at radius 1 is 1.29 bits per heavy atom. The van der Waals surface area contributed by atoms with Crippen LogP contribution in [0.3, 0.4) is 0 Å². The van der Waals surface area contributed by atoms with Crippen LogP contribution in [-0.2, 0) is 0 Å². The first-order valence-electron chi connectivity index (χ1n) is 5.74. The molecule has 0 radical (unpaired) electrons. The SMILES string of the molecule is CC(C)C(=Cc1cnc2ccccc2n1)CO. The number of nitrogens with zero attached hydrogens (tertiary/aromatic N) is 2. The molecule has 0 amide bonds. The van der Waals surface area contributed by atoms with E-state index in [1.807, 2.05) is 30.3 Å². The molecule has 17 heavy (non-hydrogen) atoms. The number of rotatable bonds is 3. The van der Waals surface area contributed by atoms with Crippen LogP contribution in [0.2, 0.25) is 0 Å². The predicted molar refractivity (Wildman–Crippen MR) is 69.4 cm³/mol. The van der Waals surface area contributed by atoms with Crippen molar-refractivity contribution in [3.63, 3.8) is 0 Å². The smallest absolute Gasteiger partial charge is 0.0894 e. The third kappa shape index (κ3) is 2.68. The van der Waals surface area contributed by atoms with Crippen LogP contribution < -0.4 is 0 Å². The van der Waals surface area contributed by atoms with E-state index in [1.165, 1.54) is 0 Å². The molecule has 0 atom stereocenters. The van der Waals surface area contributed by atoms with Crippen molar-refractivity contribution in [3.05, 3.63) is 41.7 Å². The van der Waals surface area contributed by atoms with Crippen LogP contribution in [0, 0.1) is 5.92 Å². The second-order valence-corrected chi connectivity index (χ2v) is 4.32. The van der Waals surface area contributed by atoms with Crippen LogP contribution in [0.1, 0.15) is 19.5 Å². The lowest BCUT2D eigenvalue weighted by atomic mass is 10.0. The topological polar surface area (TPSA) is 46.0 Å². The standard InChI is InChI=1S/C14H16N2O/c1-10(2)11(9-17)7-12-8-15-13-5-3-4-6-14(13)16-12/h3-8,10,17H,9H2,1-2H3. The van der Waals surface area contributed by atoms with Crippen molar-refractivity contribution >= 4 is 17.1 Å². The number of aromatic nitrogens is 2. The lowest BCUT2D eigenvalue weighted by Crippen LogP contribution is -1.99. The zero-order valence-corrected chi connectivity index (χ0v) is 10.1. The fourth-order valence-electron chi connectivity index (χ4n) is 1.63. The van der Waals surface area contributed by atoms with E-state index < -0.39 is 0 Å². The van der Waals surface area contributed by atoms with E-state index in [4.69, 9.17) is 0 Å². The molecule has 1 N–H and O–H groups in total. The first-order valence-corrected chi connectivity index (χ1v) is 5.74. The molecule has 3 nitrogen and oxygen atoms in total. The first-order chi connectivity index (χ1) is 8.20. The third-order valence-corrected chi connectivity index (χ3v) is 2.72. The van der Waals surface area contributed by atoms with E-state index in [-0.39, 0.29) is 6.61 Å². The van der Waals surface area contributed by atoms with E-state index in [0.717, 1.165) is 22.3 Å². The number of aliphatic hydroxyl groups is 1. The molecular weight excluding hydrogens is 212 g/mol. The maximum Gasteiger partial charge on any atom is 0.0894 e. The van der Waals surface area contributed by atoms with Crippen molar-refractivity contribution in [2.45, 2.75) is 13.8 Å². The minimum atomic E-state index is 0.0617. The van der Waals surface area contributed by atoms with E-state index in [2.05, 4.69) is 23.8 Å². The van der Waals surface area contributed by atoms with E-state index in [0.29, 0.717) is 5.92 Å². The molecule has 2 aromatic rings. The number of aliphatic hydroxyl groups excluding tert-OH is 1. The minimum absolute atomic E-state index is 0.0617. The first kappa shape index (κ1) is 11.7. The Morgan fingerprint density at radius 2 is 2.00 bits per heavy atom. The lowest BCUT2D eigenvalue weighted by molar-refractivity contribution is 0.320. The highest BCUT2D eigenvalue weighted by molar-refractivity contribution is 5.74. The van der Waals surface area contributed by atoms with Gasteiger partial charge in [-0.25, -0.2) is 4.98 Å². The zero-order valence-electron chi connectivity index (χ0n) is 10.1. The Kier molecular flexibility index (Phi) is 3.49. The van der Waals surface area contributed by atoms with Gasteiger partial charge in [0.2, 0.25) is 0 Å². The Morgan fingerprint density at radius 3 is 2.65 bits per heavy atom. The van der Waals surface area contributed by atoms with Crippen LogP contribution in [0.15, 0.2) is 36.0 Å². The van der Waals surface area contributed by atoms with Crippen molar-refractivity contribution in [1.82, 2.24) is 9.97 Å². The van der Waals surface area contributed by atoms with Gasteiger partial charge < -0.3 is 5.11 Å². The van der Waals surface area contributed by atoms with Crippen LogP contribution in [0.4, 0.5) is 0 Å². The van der Waals surface area contributed by atoms with E-state index >= 15 is 0 Å². The molecule has 0 aliphatic carbocycles. The van der Waals surface area contributed by atoms with Crippen molar-refractivity contribution in [2.24, 2.45) is 5.92 Å². The highest BCUT2D eigenvalue weighted by Crippen LogP contribution is 2.14. The summed E-state index contributed by atoms with van der Waals surface area (Å²) in [6.45, 7) is 4.17. The molecule has 0 aliphatic rings. The highest BCUT2D eigenvalue weighted by Gasteiger charge is 2.03. The molecule has 0 unspecified atom stereocenters. The van der Waals surface area contributed by atoms with Crippen LogP contribution in [0.25, 0.3) is 17.1 Å². The van der Waals surface area contributed by atoms with Gasteiger partial charge in [-0.3, -0.25) is 4.98 Å². The molecule has 1 aromatic heterocycles. The van der Waals surface area contributed by atoms with Gasteiger partial charge in [-0.1, -0.05) is 26.0 Å². The number of para-hydroxylation sites is 2. The van der Waals surface area contributed by atoms with Gasteiger partial charge in [-0.05, 0) is 29.7 Å². The van der Waals surface area contributed by atoms with Gasteiger partial charge in [0.25, 0.3) is 0 Å². The van der Waals surface area contributed by atoms with Crippen LogP contribution in [0.5, 0.6) is 0 Å². The summed E-state index contributed by atoms with van der Waals surface area (Å²) >= 11 is 0. The number of fused-ring (bicyclic) bond motifs is 1. The molecular formula is C14H16N2O. The molecule has 0 spiro atoms. The Labute approximate surface area is 101 Å². The summed E-state index contributed by atoms with van der Waals surface area (Å²) in [6.07, 6.45) is 3.64. The molecule has 0 fully saturated rings. The molecule has 0 saturated heterocycles. The van der Waals surface area contributed by atoms with Crippen molar-refractivity contribution < 1.29 is 5.11 Å². The number of hydrogen-bond donors (Lipinski definition) is 1. The molecule has 88 valence electrons. The fourth-order valence-corrected chi connectivity index (χ4v) is 1.63. The van der Waals surface area contributed by atoms with Crippen LogP contribution >= 0.6 is 0 Å². The average molecular weight is 228 g/mol. The maximum atomic E-state index is 9.25. The largest absolute Gasteiger partial charge is 0.392 e. The second kappa shape index (κ2) is 5.06. The molecule has 2 rings (SSSR count). The maximum absolute atomic E-state index is 9.25. The Hall–Kier alpha value is -1.74. The van der Waals surface area contributed by atoms with Gasteiger partial charge in [0.1, 0.15) is 0 Å². The van der Waals surface area contributed by atoms with Gasteiger partial charge >= 0.3 is 0 Å². The third-order valence-electron chi connectivity index (χ3n) is 2.72. The Bertz CT molecular complexity index is 547. The summed E-state index contributed by atoms with van der Waals surface area (Å²) in [7, 11) is 0. The number of hydrogen-bond acceptors (Lipinski definition) is 3. The van der Waals surface area contributed by atoms with Gasteiger partial charge in [-0.2, -0.15) is 0 Å². The number of benzene rings is 1. The van der Waals surface area contributed by atoms with Gasteiger partial charge in [0, 0.05) is 0 Å². The highest BCUT2D eigenvalue weighted by atomic mass is 16.3.